The van der Waals surface area contributed by atoms with Crippen LogP contribution in [0, 0.1) is 0 Å². The highest BCUT2D eigenvalue weighted by Crippen LogP contribution is 2.28. The zero-order valence-corrected chi connectivity index (χ0v) is 13.0. The highest BCUT2D eigenvalue weighted by Gasteiger charge is 2.38. The molecule has 0 aromatic carbocycles. The van der Waals surface area contributed by atoms with Crippen molar-refractivity contribution in [3.8, 4) is 0 Å². The van der Waals surface area contributed by atoms with E-state index in [1.54, 1.807) is 6.20 Å². The van der Waals surface area contributed by atoms with E-state index in [-0.39, 0.29) is 31.8 Å². The number of hydrogen-bond acceptors (Lipinski definition) is 4. The third-order valence-electron chi connectivity index (χ3n) is 4.44. The second-order valence-electron chi connectivity index (χ2n) is 6.11. The second-order valence-corrected chi connectivity index (χ2v) is 6.11. The zero-order valence-electron chi connectivity index (χ0n) is 13.0. The fourth-order valence-electron chi connectivity index (χ4n) is 2.99. The smallest absolute Gasteiger partial charge is 0.253 e. The molecule has 6 nitrogen and oxygen atoms in total. The van der Waals surface area contributed by atoms with E-state index in [9.17, 15) is 13.6 Å². The lowest BCUT2D eigenvalue weighted by molar-refractivity contribution is -0.154. The van der Waals surface area contributed by atoms with Crippen molar-refractivity contribution >= 4 is 5.91 Å². The number of nitrogens with zero attached hydrogens (tertiary/aromatic N) is 4. The first-order valence-corrected chi connectivity index (χ1v) is 8.01. The van der Waals surface area contributed by atoms with Gasteiger partial charge in [0.2, 0.25) is 0 Å². The van der Waals surface area contributed by atoms with Crippen LogP contribution in [-0.2, 0) is 16.1 Å². The quantitative estimate of drug-likeness (QED) is 0.822. The lowest BCUT2D eigenvalue weighted by Crippen LogP contribution is -2.53. The van der Waals surface area contributed by atoms with E-state index in [2.05, 4.69) is 10.00 Å². The van der Waals surface area contributed by atoms with Gasteiger partial charge in [-0.1, -0.05) is 0 Å². The Morgan fingerprint density at radius 3 is 2.74 bits per heavy atom. The molecular formula is C15H22F2N4O2. The minimum absolute atomic E-state index is 0.110. The summed E-state index contributed by atoms with van der Waals surface area (Å²) in [5.41, 5.74) is 0. The standard InChI is InChI=1S/C15H22F2N4O2/c16-15(17)2-6-20(7-3-15)14(22)13-12-19(10-11-23-13)8-9-21-5-1-4-18-21/h1,4-5,13H,2-3,6-12H2. The molecule has 1 aromatic rings. The van der Waals surface area contributed by atoms with E-state index in [0.29, 0.717) is 13.2 Å². The summed E-state index contributed by atoms with van der Waals surface area (Å²) in [4.78, 5) is 16.1. The molecule has 0 spiro atoms. The first-order valence-electron chi connectivity index (χ1n) is 8.01. The molecule has 2 aliphatic rings. The summed E-state index contributed by atoms with van der Waals surface area (Å²) in [6, 6.07) is 1.87. The molecule has 0 N–H and O–H groups in total. The van der Waals surface area contributed by atoms with Gasteiger partial charge in [-0.25, -0.2) is 8.78 Å². The summed E-state index contributed by atoms with van der Waals surface area (Å²) in [5, 5.41) is 4.15. The molecule has 3 rings (SSSR count). The molecule has 0 radical (unpaired) electrons. The van der Waals surface area contributed by atoms with Gasteiger partial charge in [0.1, 0.15) is 6.10 Å². The van der Waals surface area contributed by atoms with Crippen molar-refractivity contribution in [2.45, 2.75) is 31.4 Å². The number of ether oxygens (including phenoxy) is 1. The molecule has 1 atom stereocenters. The molecule has 0 bridgehead atoms. The van der Waals surface area contributed by atoms with Gasteiger partial charge in [-0.05, 0) is 6.07 Å². The zero-order chi connectivity index (χ0) is 16.3. The van der Waals surface area contributed by atoms with Crippen LogP contribution in [0.3, 0.4) is 0 Å². The number of carbonyl (C=O) groups excluding carboxylic acids is 1. The van der Waals surface area contributed by atoms with Crippen LogP contribution >= 0.6 is 0 Å². The molecule has 1 amide bonds. The average molecular weight is 328 g/mol. The fraction of sp³-hybridized carbons (Fsp3) is 0.733. The molecule has 2 fully saturated rings. The Labute approximate surface area is 134 Å². The van der Waals surface area contributed by atoms with E-state index in [1.807, 2.05) is 16.9 Å². The number of alkyl halides is 2. The molecule has 128 valence electrons. The lowest BCUT2D eigenvalue weighted by Gasteiger charge is -2.37. The molecule has 0 aliphatic carbocycles. The Balaban J connectivity index is 1.48. The van der Waals surface area contributed by atoms with Gasteiger partial charge >= 0.3 is 0 Å². The number of rotatable bonds is 4. The van der Waals surface area contributed by atoms with Crippen LogP contribution in [0.25, 0.3) is 0 Å². The normalized spacial score (nSPS) is 25.5. The first-order chi connectivity index (χ1) is 11.0. The van der Waals surface area contributed by atoms with Crippen LogP contribution in [0.2, 0.25) is 0 Å². The number of hydrogen-bond donors (Lipinski definition) is 0. The largest absolute Gasteiger partial charge is 0.366 e. The predicted octanol–water partition coefficient (Wildman–Crippen LogP) is 0.842. The van der Waals surface area contributed by atoms with Crippen molar-refractivity contribution in [2.75, 3.05) is 39.3 Å². The Hall–Kier alpha value is -1.54. The van der Waals surface area contributed by atoms with Gasteiger partial charge in [0.25, 0.3) is 11.8 Å². The van der Waals surface area contributed by atoms with Gasteiger partial charge in [-0.15, -0.1) is 0 Å². The van der Waals surface area contributed by atoms with Crippen LogP contribution in [0.4, 0.5) is 8.78 Å². The Bertz CT molecular complexity index is 514. The SMILES string of the molecule is O=C(C1CN(CCn2cccn2)CCO1)N1CCC(F)(F)CC1. The van der Waals surface area contributed by atoms with E-state index >= 15 is 0 Å². The number of amides is 1. The molecule has 3 heterocycles. The van der Waals surface area contributed by atoms with Gasteiger partial charge < -0.3 is 9.64 Å². The van der Waals surface area contributed by atoms with Crippen molar-refractivity contribution < 1.29 is 18.3 Å². The monoisotopic (exact) mass is 328 g/mol. The molecule has 23 heavy (non-hydrogen) atoms. The molecule has 0 saturated carbocycles. The van der Waals surface area contributed by atoms with Gasteiger partial charge in [0.05, 0.1) is 13.2 Å². The van der Waals surface area contributed by atoms with Gasteiger partial charge in [-0.2, -0.15) is 5.10 Å². The lowest BCUT2D eigenvalue weighted by atomic mass is 10.1. The van der Waals surface area contributed by atoms with Crippen LogP contribution in [0.15, 0.2) is 18.5 Å². The summed E-state index contributed by atoms with van der Waals surface area (Å²) in [5.74, 6) is -2.80. The maximum atomic E-state index is 13.2. The molecule has 8 heteroatoms. The topological polar surface area (TPSA) is 50.6 Å². The summed E-state index contributed by atoms with van der Waals surface area (Å²) in [7, 11) is 0. The van der Waals surface area contributed by atoms with E-state index in [0.717, 1.165) is 19.6 Å². The molecule has 1 aromatic heterocycles. The Morgan fingerprint density at radius 1 is 1.26 bits per heavy atom. The van der Waals surface area contributed by atoms with E-state index in [1.165, 1.54) is 4.90 Å². The Morgan fingerprint density at radius 2 is 2.04 bits per heavy atom. The van der Waals surface area contributed by atoms with Gasteiger partial charge in [0.15, 0.2) is 0 Å². The average Bonchev–Trinajstić information content (AvgIpc) is 3.06. The fourth-order valence-corrected chi connectivity index (χ4v) is 2.99. The number of morpholine rings is 1. The molecule has 1 unspecified atom stereocenters. The van der Waals surface area contributed by atoms with Gasteiger partial charge in [-0.3, -0.25) is 14.4 Å². The van der Waals surface area contributed by atoms with Crippen LogP contribution < -0.4 is 0 Å². The highest BCUT2D eigenvalue weighted by molar-refractivity contribution is 5.81. The van der Waals surface area contributed by atoms with Crippen molar-refractivity contribution in [1.82, 2.24) is 19.6 Å². The van der Waals surface area contributed by atoms with Crippen molar-refractivity contribution in [2.24, 2.45) is 0 Å². The van der Waals surface area contributed by atoms with E-state index in [4.69, 9.17) is 4.74 Å². The Kier molecular flexibility index (Phi) is 4.91. The predicted molar refractivity (Wildman–Crippen MR) is 79.2 cm³/mol. The van der Waals surface area contributed by atoms with Crippen molar-refractivity contribution in [1.29, 1.82) is 0 Å². The summed E-state index contributed by atoms with van der Waals surface area (Å²) < 4.78 is 33.8. The van der Waals surface area contributed by atoms with Gasteiger partial charge in [0, 0.05) is 58.0 Å². The third-order valence-corrected chi connectivity index (χ3v) is 4.44. The van der Waals surface area contributed by atoms with Crippen molar-refractivity contribution in [3.05, 3.63) is 18.5 Å². The third kappa shape index (κ3) is 4.26. The minimum Gasteiger partial charge on any atom is -0.366 e. The number of halogens is 2. The summed E-state index contributed by atoms with van der Waals surface area (Å²) >= 11 is 0. The first kappa shape index (κ1) is 16.3. The number of likely N-dealkylation sites (tertiary alicyclic amines) is 1. The minimum atomic E-state index is -2.64. The number of piperidine rings is 1. The van der Waals surface area contributed by atoms with Crippen LogP contribution in [0.1, 0.15) is 12.8 Å². The molecule has 2 saturated heterocycles. The van der Waals surface area contributed by atoms with Crippen LogP contribution in [-0.4, -0.2) is 76.8 Å². The molecule has 2 aliphatic heterocycles. The number of carbonyl (C=O) groups is 1. The summed E-state index contributed by atoms with van der Waals surface area (Å²) in [6.07, 6.45) is 2.57. The summed E-state index contributed by atoms with van der Waals surface area (Å²) in [6.45, 7) is 3.52. The second kappa shape index (κ2) is 6.92. The van der Waals surface area contributed by atoms with Crippen molar-refractivity contribution in [3.63, 3.8) is 0 Å². The number of aromatic nitrogens is 2. The maximum Gasteiger partial charge on any atom is 0.253 e. The molecular weight excluding hydrogens is 306 g/mol. The van der Waals surface area contributed by atoms with Crippen LogP contribution in [0.5, 0.6) is 0 Å². The van der Waals surface area contributed by atoms with E-state index < -0.39 is 12.0 Å². The maximum absolute atomic E-state index is 13.2. The highest BCUT2D eigenvalue weighted by atomic mass is 19.3.